The monoisotopic (exact) mass is 294 g/mol. The molecule has 0 aliphatic heterocycles. The van der Waals surface area contributed by atoms with Crippen LogP contribution in [0, 0.1) is 6.26 Å². The molecule has 3 rings (SSSR count). The van der Waals surface area contributed by atoms with Crippen LogP contribution < -0.4 is 0 Å². The van der Waals surface area contributed by atoms with Gasteiger partial charge in [-0.25, -0.2) is 12.1 Å². The standard InChI is InChI=1S/C8H5O.C5H5.2CO.Fe/c1-2-4-8-7(3-1)5-6-9-8;1-2-4-5-3-1;2*1-2;/h1-5H;1-5H;;;/q2*-1;;;. The largest absolute Gasteiger partial charge is 0.591 e. The van der Waals surface area contributed by atoms with Gasteiger partial charge < -0.3 is 4.42 Å². The summed E-state index contributed by atoms with van der Waals surface area (Å²) in [6.45, 7) is 0. The van der Waals surface area contributed by atoms with E-state index in [0.29, 0.717) is 0 Å². The van der Waals surface area contributed by atoms with Gasteiger partial charge in [0.25, 0.3) is 0 Å². The van der Waals surface area contributed by atoms with Crippen molar-refractivity contribution < 1.29 is 28.1 Å². The zero-order valence-electron chi connectivity index (χ0n) is 9.85. The summed E-state index contributed by atoms with van der Waals surface area (Å²) >= 11 is -0.222. The van der Waals surface area contributed by atoms with Crippen LogP contribution in [0.3, 0.4) is 0 Å². The normalized spacial score (nSPS) is 8.21. The van der Waals surface area contributed by atoms with E-state index in [4.69, 9.17) is 14.0 Å². The molecule has 98 valence electrons. The first kappa shape index (κ1) is 14.8. The number of hydrogen-bond acceptors (Lipinski definition) is 3. The van der Waals surface area contributed by atoms with Crippen LogP contribution in [0.1, 0.15) is 0 Å². The minimum Gasteiger partial charge on any atom is -0.591 e. The Morgan fingerprint density at radius 1 is 1.05 bits per heavy atom. The van der Waals surface area contributed by atoms with Crippen molar-refractivity contribution >= 4 is 20.5 Å². The van der Waals surface area contributed by atoms with Gasteiger partial charge in [-0.2, -0.15) is 18.2 Å². The molecule has 0 radical (unpaired) electrons. The number of benzene rings is 1. The van der Waals surface area contributed by atoms with Crippen molar-refractivity contribution in [3.63, 3.8) is 0 Å². The van der Waals surface area contributed by atoms with E-state index in [-0.39, 0.29) is 14.1 Å². The summed E-state index contributed by atoms with van der Waals surface area (Å²) in [7, 11) is 0. The topological polar surface area (TPSA) is 47.3 Å². The maximum Gasteiger partial charge on any atom is -0.00701 e. The maximum atomic E-state index is 9.02. The first-order chi connectivity index (χ1) is 9.38. The molecule has 4 heteroatoms. The van der Waals surface area contributed by atoms with Crippen molar-refractivity contribution in [1.29, 1.82) is 0 Å². The van der Waals surface area contributed by atoms with Gasteiger partial charge >= 0.3 is 33.2 Å². The molecule has 0 saturated carbocycles. The van der Waals surface area contributed by atoms with Crippen LogP contribution in [0.5, 0.6) is 0 Å². The third-order valence-corrected chi connectivity index (χ3v) is 2.16. The molecular formula is C15H10FeO3-2. The van der Waals surface area contributed by atoms with Gasteiger partial charge in [-0.3, -0.25) is 0 Å². The van der Waals surface area contributed by atoms with Crippen LogP contribution in [0.15, 0.2) is 65.1 Å². The van der Waals surface area contributed by atoms with Crippen LogP contribution in [-0.2, 0) is 23.7 Å². The molecule has 0 spiro atoms. The fourth-order valence-electron chi connectivity index (χ4n) is 1.18. The Morgan fingerprint density at radius 2 is 1.74 bits per heavy atom. The molecule has 0 aliphatic rings. The molecule has 1 heterocycles. The number of rotatable bonds is 0. The molecule has 3 nitrogen and oxygen atoms in total. The molecule has 0 saturated heterocycles. The molecule has 0 aliphatic carbocycles. The quantitative estimate of drug-likeness (QED) is 0.473. The van der Waals surface area contributed by atoms with Crippen LogP contribution in [0.4, 0.5) is 0 Å². The predicted octanol–water partition coefficient (Wildman–Crippen LogP) is 2.84. The summed E-state index contributed by atoms with van der Waals surface area (Å²) in [6.07, 6.45) is 2.66. The average molecular weight is 294 g/mol. The Labute approximate surface area is 116 Å². The smallest absolute Gasteiger partial charge is 0.00701 e. The second-order valence-electron chi connectivity index (χ2n) is 3.10. The summed E-state index contributed by atoms with van der Waals surface area (Å²) < 4.78 is 4.99. The number of furan rings is 1. The summed E-state index contributed by atoms with van der Waals surface area (Å²) in [5, 5.41) is 1.11. The van der Waals surface area contributed by atoms with Gasteiger partial charge in [0, 0.05) is 0 Å². The van der Waals surface area contributed by atoms with Crippen molar-refractivity contribution in [2.75, 3.05) is 0 Å². The Hall–Kier alpha value is -2.21. The fourth-order valence-corrected chi connectivity index (χ4v) is 1.23. The number of para-hydroxylation sites is 1. The van der Waals surface area contributed by atoms with Gasteiger partial charge in [-0.1, -0.05) is 18.2 Å². The van der Waals surface area contributed by atoms with Crippen LogP contribution >= 0.6 is 0 Å². The summed E-state index contributed by atoms with van der Waals surface area (Å²) in [5.41, 5.74) is 0.900. The van der Waals surface area contributed by atoms with E-state index >= 15 is 0 Å². The number of fused-ring (bicyclic) bond motifs is 1. The van der Waals surface area contributed by atoms with Crippen LogP contribution in [0.2, 0.25) is 0 Å². The third kappa shape index (κ3) is 6.32. The molecule has 0 fully saturated rings. The second-order valence-corrected chi connectivity index (χ2v) is 3.82. The van der Waals surface area contributed by atoms with Crippen molar-refractivity contribution in [3.8, 4) is 0 Å². The molecule has 3 aromatic rings. The summed E-state index contributed by atoms with van der Waals surface area (Å²) in [4.78, 5) is 20.7. The average Bonchev–Trinajstić information content (AvgIpc) is 3.15. The molecule has 0 atom stereocenters. The zero-order valence-corrected chi connectivity index (χ0v) is 11.0. The summed E-state index contributed by atoms with van der Waals surface area (Å²) in [5.74, 6) is 0. The van der Waals surface area contributed by atoms with Gasteiger partial charge in [-0.15, -0.1) is 17.5 Å². The third-order valence-electron chi connectivity index (χ3n) is 1.93. The molecule has 19 heavy (non-hydrogen) atoms. The van der Waals surface area contributed by atoms with Crippen molar-refractivity contribution in [1.82, 2.24) is 0 Å². The van der Waals surface area contributed by atoms with Crippen LogP contribution in [0.25, 0.3) is 11.0 Å². The first-order valence-corrected chi connectivity index (χ1v) is 6.35. The fraction of sp³-hybridized carbons (Fsp3) is 0. The maximum absolute atomic E-state index is 9.02. The molecule has 1 aromatic heterocycles. The SMILES string of the molecule is O=[C]=[Fe]=[C]=O.[c-]1cc2ccccc2o1.c1cc[cH-]c1. The van der Waals surface area contributed by atoms with E-state index in [2.05, 4.69) is 6.26 Å². The molecule has 2 aromatic carbocycles. The Morgan fingerprint density at radius 3 is 2.21 bits per heavy atom. The Bertz CT molecular complexity index is 622. The number of hydrogen-bond donors (Lipinski definition) is 0. The first-order valence-electron chi connectivity index (χ1n) is 5.24. The van der Waals surface area contributed by atoms with E-state index in [0.717, 1.165) is 11.0 Å². The Balaban J connectivity index is 0.000000156. The van der Waals surface area contributed by atoms with E-state index in [1.54, 1.807) is 0 Å². The van der Waals surface area contributed by atoms with Crippen molar-refractivity contribution in [2.45, 2.75) is 0 Å². The van der Waals surface area contributed by atoms with E-state index in [9.17, 15) is 0 Å². The van der Waals surface area contributed by atoms with Gasteiger partial charge in [0.05, 0.1) is 0 Å². The van der Waals surface area contributed by atoms with E-state index < -0.39 is 0 Å². The minimum atomic E-state index is -0.222. The van der Waals surface area contributed by atoms with Crippen LogP contribution in [-0.4, -0.2) is 9.57 Å². The molecule has 0 bridgehead atoms. The Kier molecular flexibility index (Phi) is 7.65. The van der Waals surface area contributed by atoms with Gasteiger partial charge in [0.1, 0.15) is 0 Å². The van der Waals surface area contributed by atoms with E-state index in [1.165, 1.54) is 9.57 Å². The molecule has 0 amide bonds. The molecular weight excluding hydrogens is 284 g/mol. The molecule has 0 unspecified atom stereocenters. The van der Waals surface area contributed by atoms with E-state index in [1.807, 2.05) is 60.7 Å². The summed E-state index contributed by atoms with van der Waals surface area (Å²) in [6, 6.07) is 19.7. The molecule has 0 N–H and O–H groups in total. The zero-order chi connectivity index (χ0) is 13.8. The van der Waals surface area contributed by atoms with Crippen molar-refractivity contribution in [3.05, 3.63) is 66.9 Å². The minimum absolute atomic E-state index is 0.222. The second kappa shape index (κ2) is 9.78. The van der Waals surface area contributed by atoms with Gasteiger partial charge in [-0.05, 0) is 11.8 Å². The van der Waals surface area contributed by atoms with Gasteiger partial charge in [0.2, 0.25) is 0 Å². The van der Waals surface area contributed by atoms with Gasteiger partial charge in [0.15, 0.2) is 0 Å². The number of carbonyl (C=O) groups excluding carboxylic acids is 2. The van der Waals surface area contributed by atoms with Crippen molar-refractivity contribution in [2.24, 2.45) is 0 Å². The predicted molar refractivity (Wildman–Crippen MR) is 68.5 cm³/mol.